The number of alkyl carbamates (subject to hydrolysis) is 1. The van der Waals surface area contributed by atoms with Gasteiger partial charge in [0.1, 0.15) is 5.60 Å². The first-order valence-corrected chi connectivity index (χ1v) is 10.8. The van der Waals surface area contributed by atoms with Gasteiger partial charge in [0.25, 0.3) is 0 Å². The molecule has 0 saturated carbocycles. The lowest BCUT2D eigenvalue weighted by atomic mass is 9.93. The second kappa shape index (κ2) is 11.4. The minimum Gasteiger partial charge on any atom is -0.444 e. The van der Waals surface area contributed by atoms with Crippen molar-refractivity contribution in [3.63, 3.8) is 0 Å². The minimum absolute atomic E-state index is 0.0842. The first-order chi connectivity index (χ1) is 13.7. The third-order valence-corrected chi connectivity index (χ3v) is 5.38. The monoisotopic (exact) mass is 411 g/mol. The van der Waals surface area contributed by atoms with E-state index in [1.165, 1.54) is 0 Å². The molecule has 0 aromatic carbocycles. The SMILES string of the molecule is CC(C)(C)OC(=O)NCCC(=O)NCC1CCN(C(=O)CC2CCOCC2)CC1. The Bertz CT molecular complexity index is 547. The zero-order valence-electron chi connectivity index (χ0n) is 18.1. The highest BCUT2D eigenvalue weighted by Crippen LogP contribution is 2.22. The van der Waals surface area contributed by atoms with Gasteiger partial charge in [0, 0.05) is 52.2 Å². The molecule has 0 atom stereocenters. The number of hydrogen-bond donors (Lipinski definition) is 2. The van der Waals surface area contributed by atoms with E-state index in [1.54, 1.807) is 20.8 Å². The molecule has 0 unspecified atom stereocenters. The van der Waals surface area contributed by atoms with Crippen molar-refractivity contribution in [2.45, 2.75) is 64.9 Å². The molecule has 2 aliphatic heterocycles. The Morgan fingerprint density at radius 1 is 1.00 bits per heavy atom. The van der Waals surface area contributed by atoms with Crippen LogP contribution < -0.4 is 10.6 Å². The van der Waals surface area contributed by atoms with Crippen LogP contribution in [-0.2, 0) is 19.1 Å². The van der Waals surface area contributed by atoms with Crippen LogP contribution in [0.4, 0.5) is 4.79 Å². The zero-order valence-corrected chi connectivity index (χ0v) is 18.1. The normalized spacial score (nSPS) is 18.9. The maximum absolute atomic E-state index is 12.5. The van der Waals surface area contributed by atoms with E-state index in [9.17, 15) is 14.4 Å². The van der Waals surface area contributed by atoms with Crippen molar-refractivity contribution < 1.29 is 23.9 Å². The molecule has 8 heteroatoms. The highest BCUT2D eigenvalue weighted by atomic mass is 16.6. The summed E-state index contributed by atoms with van der Waals surface area (Å²) >= 11 is 0. The van der Waals surface area contributed by atoms with E-state index in [2.05, 4.69) is 10.6 Å². The van der Waals surface area contributed by atoms with Crippen LogP contribution in [-0.4, -0.2) is 67.8 Å². The molecule has 29 heavy (non-hydrogen) atoms. The predicted octanol–water partition coefficient (Wildman–Crippen LogP) is 2.07. The van der Waals surface area contributed by atoms with Crippen LogP contribution in [0, 0.1) is 11.8 Å². The molecule has 2 heterocycles. The average molecular weight is 412 g/mol. The van der Waals surface area contributed by atoms with Gasteiger partial charge in [0.15, 0.2) is 0 Å². The van der Waals surface area contributed by atoms with E-state index in [0.29, 0.717) is 24.8 Å². The fourth-order valence-corrected chi connectivity index (χ4v) is 3.65. The highest BCUT2D eigenvalue weighted by molar-refractivity contribution is 5.77. The molecule has 2 fully saturated rings. The molecule has 2 saturated heterocycles. The summed E-state index contributed by atoms with van der Waals surface area (Å²) in [7, 11) is 0. The summed E-state index contributed by atoms with van der Waals surface area (Å²) < 4.78 is 10.5. The van der Waals surface area contributed by atoms with Crippen LogP contribution in [0.5, 0.6) is 0 Å². The molecule has 2 rings (SSSR count). The number of ether oxygens (including phenoxy) is 2. The van der Waals surface area contributed by atoms with E-state index in [1.807, 2.05) is 4.90 Å². The molecule has 166 valence electrons. The van der Waals surface area contributed by atoms with Gasteiger partial charge >= 0.3 is 6.09 Å². The Kier molecular flexibility index (Phi) is 9.20. The number of carbonyl (C=O) groups is 3. The highest BCUT2D eigenvalue weighted by Gasteiger charge is 2.26. The van der Waals surface area contributed by atoms with Crippen LogP contribution in [0.1, 0.15) is 59.3 Å². The summed E-state index contributed by atoms with van der Waals surface area (Å²) in [4.78, 5) is 38.0. The molecule has 8 nitrogen and oxygen atoms in total. The Hall–Kier alpha value is -1.83. The van der Waals surface area contributed by atoms with Crippen LogP contribution in [0.2, 0.25) is 0 Å². The quantitative estimate of drug-likeness (QED) is 0.668. The Morgan fingerprint density at radius 3 is 2.28 bits per heavy atom. The van der Waals surface area contributed by atoms with Gasteiger partial charge in [0.2, 0.25) is 11.8 Å². The fourth-order valence-electron chi connectivity index (χ4n) is 3.65. The van der Waals surface area contributed by atoms with Crippen LogP contribution >= 0.6 is 0 Å². The van der Waals surface area contributed by atoms with Crippen molar-refractivity contribution in [2.75, 3.05) is 39.4 Å². The maximum atomic E-state index is 12.5. The Balaban J connectivity index is 1.55. The van der Waals surface area contributed by atoms with Gasteiger partial charge in [0.05, 0.1) is 0 Å². The van der Waals surface area contributed by atoms with Gasteiger partial charge in [-0.3, -0.25) is 9.59 Å². The molecule has 2 aliphatic rings. The summed E-state index contributed by atoms with van der Waals surface area (Å²) in [6.07, 6.45) is 4.14. The summed E-state index contributed by atoms with van der Waals surface area (Å²) in [5.41, 5.74) is -0.548. The zero-order chi connectivity index (χ0) is 21.3. The predicted molar refractivity (Wildman–Crippen MR) is 109 cm³/mol. The van der Waals surface area contributed by atoms with E-state index < -0.39 is 11.7 Å². The smallest absolute Gasteiger partial charge is 0.407 e. The number of carbonyl (C=O) groups excluding carboxylic acids is 3. The minimum atomic E-state index is -0.548. The topological polar surface area (TPSA) is 97.0 Å². The van der Waals surface area contributed by atoms with E-state index >= 15 is 0 Å². The van der Waals surface area contributed by atoms with Gasteiger partial charge in [-0.15, -0.1) is 0 Å². The summed E-state index contributed by atoms with van der Waals surface area (Å²) in [6.45, 7) is 9.33. The molecular weight excluding hydrogens is 374 g/mol. The number of nitrogens with zero attached hydrogens (tertiary/aromatic N) is 1. The second-order valence-corrected chi connectivity index (χ2v) is 9.07. The number of likely N-dealkylation sites (tertiary alicyclic amines) is 1. The van der Waals surface area contributed by atoms with E-state index in [4.69, 9.17) is 9.47 Å². The van der Waals surface area contributed by atoms with Gasteiger partial charge in [-0.1, -0.05) is 0 Å². The summed E-state index contributed by atoms with van der Waals surface area (Å²) in [5.74, 6) is 1.03. The van der Waals surface area contributed by atoms with Crippen LogP contribution in [0.15, 0.2) is 0 Å². The second-order valence-electron chi connectivity index (χ2n) is 9.07. The summed E-state index contributed by atoms with van der Waals surface area (Å²) in [6, 6.07) is 0. The number of nitrogens with one attached hydrogen (secondary N) is 2. The van der Waals surface area contributed by atoms with Crippen molar-refractivity contribution in [3.8, 4) is 0 Å². The summed E-state index contributed by atoms with van der Waals surface area (Å²) in [5, 5.41) is 5.52. The molecule has 0 aromatic heterocycles. The lowest BCUT2D eigenvalue weighted by Gasteiger charge is -2.33. The number of piperidine rings is 1. The average Bonchev–Trinajstić information content (AvgIpc) is 2.66. The van der Waals surface area contributed by atoms with E-state index in [0.717, 1.165) is 52.0 Å². The first-order valence-electron chi connectivity index (χ1n) is 10.8. The molecule has 0 spiro atoms. The third kappa shape index (κ3) is 9.47. The fraction of sp³-hybridized carbons (Fsp3) is 0.857. The Morgan fingerprint density at radius 2 is 1.66 bits per heavy atom. The van der Waals surface area contributed by atoms with Crippen molar-refractivity contribution in [2.24, 2.45) is 11.8 Å². The largest absolute Gasteiger partial charge is 0.444 e. The maximum Gasteiger partial charge on any atom is 0.407 e. The van der Waals surface area contributed by atoms with Crippen LogP contribution in [0.3, 0.4) is 0 Å². The van der Waals surface area contributed by atoms with Crippen molar-refractivity contribution in [1.29, 1.82) is 0 Å². The molecule has 0 aliphatic carbocycles. The first kappa shape index (κ1) is 23.4. The molecule has 3 amide bonds. The van der Waals surface area contributed by atoms with Gasteiger partial charge in [-0.2, -0.15) is 0 Å². The third-order valence-electron chi connectivity index (χ3n) is 5.38. The molecular formula is C21H37N3O5. The molecule has 0 radical (unpaired) electrons. The molecule has 2 N–H and O–H groups in total. The number of rotatable bonds is 7. The van der Waals surface area contributed by atoms with Crippen molar-refractivity contribution in [3.05, 3.63) is 0 Å². The number of hydrogen-bond acceptors (Lipinski definition) is 5. The van der Waals surface area contributed by atoms with Gasteiger partial charge in [-0.25, -0.2) is 4.79 Å². The van der Waals surface area contributed by atoms with E-state index in [-0.39, 0.29) is 24.8 Å². The lowest BCUT2D eigenvalue weighted by Crippen LogP contribution is -2.42. The van der Waals surface area contributed by atoms with Crippen molar-refractivity contribution in [1.82, 2.24) is 15.5 Å². The number of amides is 3. The molecule has 0 bridgehead atoms. The van der Waals surface area contributed by atoms with Crippen molar-refractivity contribution >= 4 is 17.9 Å². The lowest BCUT2D eigenvalue weighted by molar-refractivity contribution is -0.134. The van der Waals surface area contributed by atoms with Gasteiger partial charge < -0.3 is 25.0 Å². The Labute approximate surface area is 174 Å². The van der Waals surface area contributed by atoms with Gasteiger partial charge in [-0.05, 0) is 58.3 Å². The standard InChI is InChI=1S/C21H37N3O5/c1-21(2,3)29-20(27)22-9-4-18(25)23-15-17-5-10-24(11-6-17)19(26)14-16-7-12-28-13-8-16/h16-17H,4-15H2,1-3H3,(H,22,27)(H,23,25). The molecule has 0 aromatic rings. The van der Waals surface area contributed by atoms with Crippen LogP contribution in [0.25, 0.3) is 0 Å².